The summed E-state index contributed by atoms with van der Waals surface area (Å²) < 4.78 is 9.34. The summed E-state index contributed by atoms with van der Waals surface area (Å²) in [5, 5.41) is 0. The second-order valence-corrected chi connectivity index (χ2v) is 5.09. The molecule has 0 aliphatic carbocycles. The van der Waals surface area contributed by atoms with E-state index >= 15 is 0 Å². The monoisotopic (exact) mass is 274 g/mol. The molecule has 0 aromatic heterocycles. The Kier molecular flexibility index (Phi) is 4.47. The van der Waals surface area contributed by atoms with Gasteiger partial charge in [0.05, 0.1) is 7.11 Å². The van der Waals surface area contributed by atoms with Gasteiger partial charge in [-0.1, -0.05) is 29.5 Å². The van der Waals surface area contributed by atoms with Crippen LogP contribution in [0, 0.1) is 6.92 Å². The van der Waals surface area contributed by atoms with Crippen molar-refractivity contribution in [2.24, 2.45) is 0 Å². The van der Waals surface area contributed by atoms with E-state index in [1.54, 1.807) is 23.9 Å². The smallest absolute Gasteiger partial charge is 0.437 e. The number of hydrogen-bond acceptors (Lipinski definition) is 4. The van der Waals surface area contributed by atoms with Crippen molar-refractivity contribution >= 4 is 17.9 Å². The summed E-state index contributed by atoms with van der Waals surface area (Å²) in [6.45, 7) is 2.06. The highest BCUT2D eigenvalue weighted by molar-refractivity contribution is 7.99. The third-order valence-electron chi connectivity index (χ3n) is 2.45. The number of carbonyl (C=O) groups is 1. The molecule has 0 saturated carbocycles. The minimum Gasteiger partial charge on any atom is -0.437 e. The summed E-state index contributed by atoms with van der Waals surface area (Å²) in [6.07, 6.45) is -0.709. The van der Waals surface area contributed by atoms with Gasteiger partial charge < -0.3 is 9.47 Å². The van der Waals surface area contributed by atoms with Crippen molar-refractivity contribution in [2.45, 2.75) is 16.7 Å². The zero-order chi connectivity index (χ0) is 13.7. The average Bonchev–Trinajstić information content (AvgIpc) is 2.43. The van der Waals surface area contributed by atoms with Gasteiger partial charge in [-0.3, -0.25) is 0 Å². The minimum atomic E-state index is -0.709. The highest BCUT2D eigenvalue weighted by Crippen LogP contribution is 2.29. The van der Waals surface area contributed by atoms with Gasteiger partial charge in [0.2, 0.25) is 0 Å². The van der Waals surface area contributed by atoms with E-state index in [0.717, 1.165) is 4.90 Å². The van der Waals surface area contributed by atoms with Crippen LogP contribution in [0.5, 0.6) is 5.75 Å². The van der Waals surface area contributed by atoms with Crippen LogP contribution in [0.15, 0.2) is 58.3 Å². The Balaban J connectivity index is 2.02. The predicted octanol–water partition coefficient (Wildman–Crippen LogP) is 4.29. The van der Waals surface area contributed by atoms with Gasteiger partial charge in [-0.2, -0.15) is 0 Å². The molecule has 2 aromatic rings. The molecule has 0 aliphatic rings. The summed E-state index contributed by atoms with van der Waals surface area (Å²) in [6, 6.07) is 15.6. The topological polar surface area (TPSA) is 35.5 Å². The first-order valence-corrected chi connectivity index (χ1v) is 6.59. The molecule has 0 unspecified atom stereocenters. The van der Waals surface area contributed by atoms with Crippen molar-refractivity contribution in [3.8, 4) is 5.75 Å². The van der Waals surface area contributed by atoms with Gasteiger partial charge in [0.25, 0.3) is 0 Å². The fourth-order valence-corrected chi connectivity index (χ4v) is 2.27. The Labute approximate surface area is 116 Å². The minimum absolute atomic E-state index is 0.472. The Morgan fingerprint density at radius 1 is 0.947 bits per heavy atom. The van der Waals surface area contributed by atoms with Crippen LogP contribution >= 0.6 is 11.8 Å². The van der Waals surface area contributed by atoms with Crippen LogP contribution < -0.4 is 4.74 Å². The molecule has 4 heteroatoms. The number of hydrogen-bond donors (Lipinski definition) is 0. The van der Waals surface area contributed by atoms with Crippen molar-refractivity contribution in [3.05, 3.63) is 54.1 Å². The Morgan fingerprint density at radius 2 is 1.47 bits per heavy atom. The van der Waals surface area contributed by atoms with Crippen LogP contribution in [0.3, 0.4) is 0 Å². The summed E-state index contributed by atoms with van der Waals surface area (Å²) in [7, 11) is 1.28. The van der Waals surface area contributed by atoms with Gasteiger partial charge >= 0.3 is 6.16 Å². The first-order chi connectivity index (χ1) is 9.17. The number of rotatable bonds is 3. The zero-order valence-electron chi connectivity index (χ0n) is 10.8. The highest BCUT2D eigenvalue weighted by Gasteiger charge is 2.03. The molecule has 2 aromatic carbocycles. The Hall–Kier alpha value is -1.94. The lowest BCUT2D eigenvalue weighted by Gasteiger charge is -2.05. The van der Waals surface area contributed by atoms with Crippen LogP contribution in [0.1, 0.15) is 5.56 Å². The molecule has 0 spiro atoms. The molecular formula is C15H14O3S. The molecule has 3 nitrogen and oxygen atoms in total. The number of ether oxygens (including phenoxy) is 2. The SMILES string of the molecule is COC(=O)Oc1ccc(Sc2ccc(C)cc2)cc1. The maximum atomic E-state index is 10.9. The first-order valence-electron chi connectivity index (χ1n) is 5.78. The zero-order valence-corrected chi connectivity index (χ0v) is 11.6. The number of carbonyl (C=O) groups excluding carboxylic acids is 1. The van der Waals surface area contributed by atoms with E-state index in [1.165, 1.54) is 17.6 Å². The van der Waals surface area contributed by atoms with Gasteiger partial charge in [0.1, 0.15) is 5.75 Å². The Morgan fingerprint density at radius 3 is 2.00 bits per heavy atom. The number of aryl methyl sites for hydroxylation is 1. The van der Waals surface area contributed by atoms with E-state index < -0.39 is 6.16 Å². The van der Waals surface area contributed by atoms with Crippen LogP contribution in [-0.4, -0.2) is 13.3 Å². The molecule has 0 aliphatic heterocycles. The molecular weight excluding hydrogens is 260 g/mol. The summed E-state index contributed by atoms with van der Waals surface area (Å²) in [4.78, 5) is 13.2. The summed E-state index contributed by atoms with van der Waals surface area (Å²) >= 11 is 1.66. The highest BCUT2D eigenvalue weighted by atomic mass is 32.2. The van der Waals surface area contributed by atoms with Gasteiger partial charge in [-0.25, -0.2) is 4.79 Å². The lowest BCUT2D eigenvalue weighted by Crippen LogP contribution is -2.06. The third kappa shape index (κ3) is 4.03. The Bertz CT molecular complexity index is 547. The van der Waals surface area contributed by atoms with E-state index in [4.69, 9.17) is 4.74 Å². The molecule has 0 saturated heterocycles. The second kappa shape index (κ2) is 6.29. The third-order valence-corrected chi connectivity index (χ3v) is 3.46. The molecule has 0 atom stereocenters. The maximum Gasteiger partial charge on any atom is 0.513 e. The quantitative estimate of drug-likeness (QED) is 0.618. The standard InChI is InChI=1S/C15H14O3S/c1-11-3-7-13(8-4-11)19-14-9-5-12(6-10-14)18-15(16)17-2/h3-10H,1-2H3. The van der Waals surface area contributed by atoms with Crippen molar-refractivity contribution in [1.29, 1.82) is 0 Å². The van der Waals surface area contributed by atoms with E-state index in [1.807, 2.05) is 12.1 Å². The molecule has 0 heterocycles. The van der Waals surface area contributed by atoms with Crippen LogP contribution in [-0.2, 0) is 4.74 Å². The van der Waals surface area contributed by atoms with Crippen LogP contribution in [0.4, 0.5) is 4.79 Å². The molecule has 19 heavy (non-hydrogen) atoms. The fraction of sp³-hybridized carbons (Fsp3) is 0.133. The van der Waals surface area contributed by atoms with Crippen molar-refractivity contribution < 1.29 is 14.3 Å². The molecule has 2 rings (SSSR count). The number of methoxy groups -OCH3 is 1. The number of benzene rings is 2. The molecule has 0 radical (unpaired) electrons. The van der Waals surface area contributed by atoms with E-state index in [0.29, 0.717) is 5.75 Å². The first kappa shape index (κ1) is 13.5. The van der Waals surface area contributed by atoms with Gasteiger partial charge in [0.15, 0.2) is 0 Å². The normalized spacial score (nSPS) is 10.0. The van der Waals surface area contributed by atoms with Crippen molar-refractivity contribution in [1.82, 2.24) is 0 Å². The van der Waals surface area contributed by atoms with E-state index in [-0.39, 0.29) is 0 Å². The van der Waals surface area contributed by atoms with Crippen LogP contribution in [0.25, 0.3) is 0 Å². The van der Waals surface area contributed by atoms with Crippen molar-refractivity contribution in [3.63, 3.8) is 0 Å². The lowest BCUT2D eigenvalue weighted by molar-refractivity contribution is 0.121. The summed E-state index contributed by atoms with van der Waals surface area (Å²) in [5.41, 5.74) is 1.24. The van der Waals surface area contributed by atoms with Gasteiger partial charge in [0, 0.05) is 9.79 Å². The van der Waals surface area contributed by atoms with E-state index in [9.17, 15) is 4.79 Å². The average molecular weight is 274 g/mol. The summed E-state index contributed by atoms with van der Waals surface area (Å²) in [5.74, 6) is 0.472. The predicted molar refractivity (Wildman–Crippen MR) is 74.8 cm³/mol. The molecule has 0 N–H and O–H groups in total. The van der Waals surface area contributed by atoms with Crippen LogP contribution in [0.2, 0.25) is 0 Å². The largest absolute Gasteiger partial charge is 0.513 e. The fourth-order valence-electron chi connectivity index (χ4n) is 1.46. The molecule has 0 amide bonds. The van der Waals surface area contributed by atoms with Gasteiger partial charge in [-0.15, -0.1) is 0 Å². The maximum absolute atomic E-state index is 10.9. The van der Waals surface area contributed by atoms with E-state index in [2.05, 4.69) is 35.9 Å². The lowest BCUT2D eigenvalue weighted by atomic mass is 10.2. The second-order valence-electron chi connectivity index (χ2n) is 3.94. The molecule has 0 fully saturated rings. The molecule has 0 bridgehead atoms. The molecule has 98 valence electrons. The van der Waals surface area contributed by atoms with Crippen molar-refractivity contribution in [2.75, 3.05) is 7.11 Å². The van der Waals surface area contributed by atoms with Gasteiger partial charge in [-0.05, 0) is 43.3 Å².